The lowest BCUT2D eigenvalue weighted by Crippen LogP contribution is -2.50. The molecule has 0 spiro atoms. The summed E-state index contributed by atoms with van der Waals surface area (Å²) < 4.78 is 0. The topological polar surface area (TPSA) is 12.0 Å². The van der Waals surface area contributed by atoms with E-state index >= 15 is 0 Å². The first-order valence-electron chi connectivity index (χ1n) is 8.22. The number of rotatable bonds is 4. The van der Waals surface area contributed by atoms with Gasteiger partial charge < -0.3 is 5.32 Å². The fraction of sp³-hybridized carbons (Fsp3) is 0.684. The van der Waals surface area contributed by atoms with Crippen molar-refractivity contribution in [3.63, 3.8) is 0 Å². The molecule has 0 amide bonds. The van der Waals surface area contributed by atoms with Crippen molar-refractivity contribution in [3.05, 3.63) is 35.4 Å². The Morgan fingerprint density at radius 2 is 1.95 bits per heavy atom. The first-order chi connectivity index (χ1) is 9.39. The number of hydrogen-bond donors (Lipinski definition) is 1. The minimum Gasteiger partial charge on any atom is -0.311 e. The predicted octanol–water partition coefficient (Wildman–Crippen LogP) is 4.69. The maximum absolute atomic E-state index is 3.79. The van der Waals surface area contributed by atoms with Crippen LogP contribution in [0.5, 0.6) is 0 Å². The summed E-state index contributed by atoms with van der Waals surface area (Å²) in [6, 6.07) is 9.13. The quantitative estimate of drug-likeness (QED) is 0.839. The summed E-state index contributed by atoms with van der Waals surface area (Å²) in [5, 5.41) is 3.79. The number of aryl methyl sites for hydroxylation is 1. The van der Waals surface area contributed by atoms with E-state index in [1.54, 1.807) is 11.1 Å². The lowest BCUT2D eigenvalue weighted by atomic mass is 9.62. The van der Waals surface area contributed by atoms with Crippen molar-refractivity contribution in [2.75, 3.05) is 6.54 Å². The van der Waals surface area contributed by atoms with Gasteiger partial charge in [-0.1, -0.05) is 44.5 Å². The molecule has 2 rings (SSSR count). The maximum Gasteiger partial charge on any atom is 0.0106 e. The monoisotopic (exact) mass is 273 g/mol. The van der Waals surface area contributed by atoms with Gasteiger partial charge in [-0.15, -0.1) is 0 Å². The summed E-state index contributed by atoms with van der Waals surface area (Å²) in [5.41, 5.74) is 3.69. The van der Waals surface area contributed by atoms with E-state index in [1.807, 2.05) is 0 Å². The summed E-state index contributed by atoms with van der Waals surface area (Å²) in [4.78, 5) is 0. The average Bonchev–Trinajstić information content (AvgIpc) is 2.43. The Balaban J connectivity index is 2.38. The Bertz CT molecular complexity index is 443. The van der Waals surface area contributed by atoms with Crippen LogP contribution in [-0.2, 0) is 11.8 Å². The fourth-order valence-corrected chi connectivity index (χ4v) is 3.64. The Morgan fingerprint density at radius 3 is 2.60 bits per heavy atom. The van der Waals surface area contributed by atoms with Crippen LogP contribution in [0, 0.1) is 5.92 Å². The molecule has 1 aromatic carbocycles. The molecule has 2 atom stereocenters. The van der Waals surface area contributed by atoms with Gasteiger partial charge in [-0.3, -0.25) is 0 Å². The van der Waals surface area contributed by atoms with Crippen LogP contribution in [-0.4, -0.2) is 12.1 Å². The van der Waals surface area contributed by atoms with Crippen molar-refractivity contribution in [2.24, 2.45) is 5.92 Å². The minimum absolute atomic E-state index is 0.187. The second-order valence-corrected chi connectivity index (χ2v) is 7.58. The van der Waals surface area contributed by atoms with Crippen LogP contribution in [0.25, 0.3) is 0 Å². The highest BCUT2D eigenvalue weighted by Crippen LogP contribution is 2.44. The molecule has 112 valence electrons. The zero-order chi connectivity index (χ0) is 14.8. The van der Waals surface area contributed by atoms with Crippen molar-refractivity contribution in [1.29, 1.82) is 0 Å². The highest BCUT2D eigenvalue weighted by atomic mass is 15.0. The predicted molar refractivity (Wildman–Crippen MR) is 88.3 cm³/mol. The average molecular weight is 273 g/mol. The molecular weight excluding hydrogens is 242 g/mol. The van der Waals surface area contributed by atoms with Gasteiger partial charge in [-0.2, -0.15) is 0 Å². The molecule has 1 aliphatic rings. The molecular formula is C19H31N. The molecule has 1 heteroatoms. The van der Waals surface area contributed by atoms with Gasteiger partial charge in [-0.05, 0) is 57.1 Å². The normalized spacial score (nSPS) is 24.2. The third kappa shape index (κ3) is 3.09. The highest BCUT2D eigenvalue weighted by molar-refractivity contribution is 5.38. The molecule has 1 aromatic rings. The third-order valence-electron chi connectivity index (χ3n) is 5.11. The molecule has 0 bridgehead atoms. The maximum atomic E-state index is 3.79. The SMILES string of the molecule is CCC(C)C1(CNC(C)(C)C)CCCc2ccccc21. The molecule has 0 radical (unpaired) electrons. The fourth-order valence-electron chi connectivity index (χ4n) is 3.64. The van der Waals surface area contributed by atoms with E-state index in [9.17, 15) is 0 Å². The second-order valence-electron chi connectivity index (χ2n) is 7.58. The van der Waals surface area contributed by atoms with Gasteiger partial charge in [0.15, 0.2) is 0 Å². The van der Waals surface area contributed by atoms with Gasteiger partial charge in [-0.25, -0.2) is 0 Å². The van der Waals surface area contributed by atoms with Crippen LogP contribution < -0.4 is 5.32 Å². The van der Waals surface area contributed by atoms with Crippen LogP contribution in [0.4, 0.5) is 0 Å². The number of fused-ring (bicyclic) bond motifs is 1. The summed E-state index contributed by atoms with van der Waals surface area (Å²) in [6.07, 6.45) is 5.15. The van der Waals surface area contributed by atoms with Crippen LogP contribution in [0.3, 0.4) is 0 Å². The van der Waals surface area contributed by atoms with Gasteiger partial charge in [0.1, 0.15) is 0 Å². The molecule has 0 aromatic heterocycles. The molecule has 0 fully saturated rings. The van der Waals surface area contributed by atoms with Crippen molar-refractivity contribution in [1.82, 2.24) is 5.32 Å². The number of hydrogen-bond acceptors (Lipinski definition) is 1. The number of nitrogens with one attached hydrogen (secondary N) is 1. The first-order valence-corrected chi connectivity index (χ1v) is 8.22. The van der Waals surface area contributed by atoms with Crippen LogP contribution in [0.1, 0.15) is 65.0 Å². The molecule has 0 saturated heterocycles. The van der Waals surface area contributed by atoms with Gasteiger partial charge in [0, 0.05) is 17.5 Å². The lowest BCUT2D eigenvalue weighted by Gasteiger charge is -2.45. The van der Waals surface area contributed by atoms with E-state index in [1.165, 1.54) is 25.7 Å². The van der Waals surface area contributed by atoms with Crippen LogP contribution in [0.15, 0.2) is 24.3 Å². The highest BCUT2D eigenvalue weighted by Gasteiger charge is 2.40. The molecule has 0 heterocycles. The summed E-state index contributed by atoms with van der Waals surface area (Å²) in [5.74, 6) is 0.721. The lowest BCUT2D eigenvalue weighted by molar-refractivity contribution is 0.211. The molecule has 2 unspecified atom stereocenters. The van der Waals surface area contributed by atoms with Crippen molar-refractivity contribution >= 4 is 0 Å². The van der Waals surface area contributed by atoms with Gasteiger partial charge in [0.05, 0.1) is 0 Å². The minimum atomic E-state index is 0.187. The Labute approximate surface area is 125 Å². The summed E-state index contributed by atoms with van der Waals surface area (Å²) >= 11 is 0. The van der Waals surface area contributed by atoms with E-state index in [4.69, 9.17) is 0 Å². The van der Waals surface area contributed by atoms with E-state index in [0.29, 0.717) is 5.41 Å². The second kappa shape index (κ2) is 5.89. The number of benzene rings is 1. The Hall–Kier alpha value is -0.820. The van der Waals surface area contributed by atoms with E-state index in [0.717, 1.165) is 12.5 Å². The molecule has 0 saturated carbocycles. The van der Waals surface area contributed by atoms with E-state index in [-0.39, 0.29) is 5.54 Å². The zero-order valence-electron chi connectivity index (χ0n) is 13.9. The summed E-state index contributed by atoms with van der Waals surface area (Å²) in [6.45, 7) is 12.7. The third-order valence-corrected chi connectivity index (χ3v) is 5.11. The zero-order valence-corrected chi connectivity index (χ0v) is 13.9. The summed E-state index contributed by atoms with van der Waals surface area (Å²) in [7, 11) is 0. The molecule has 1 N–H and O–H groups in total. The standard InChI is InChI=1S/C19H31N/c1-6-15(2)19(14-20-18(3,4)5)13-9-11-16-10-7-8-12-17(16)19/h7-8,10,12,15,20H,6,9,11,13-14H2,1-5H3. The van der Waals surface area contributed by atoms with E-state index < -0.39 is 0 Å². The first kappa shape index (κ1) is 15.6. The Morgan fingerprint density at radius 1 is 1.25 bits per heavy atom. The molecule has 20 heavy (non-hydrogen) atoms. The van der Waals surface area contributed by atoms with Crippen LogP contribution in [0.2, 0.25) is 0 Å². The van der Waals surface area contributed by atoms with Gasteiger partial charge in [0.25, 0.3) is 0 Å². The van der Waals surface area contributed by atoms with Crippen molar-refractivity contribution < 1.29 is 0 Å². The molecule has 0 aliphatic heterocycles. The molecule has 1 aliphatic carbocycles. The Kier molecular flexibility index (Phi) is 4.59. The van der Waals surface area contributed by atoms with Gasteiger partial charge >= 0.3 is 0 Å². The van der Waals surface area contributed by atoms with Crippen molar-refractivity contribution in [3.8, 4) is 0 Å². The largest absolute Gasteiger partial charge is 0.311 e. The van der Waals surface area contributed by atoms with Gasteiger partial charge in [0.2, 0.25) is 0 Å². The van der Waals surface area contributed by atoms with Crippen molar-refractivity contribution in [2.45, 2.75) is 71.3 Å². The smallest absolute Gasteiger partial charge is 0.0106 e. The molecule has 1 nitrogen and oxygen atoms in total. The van der Waals surface area contributed by atoms with E-state index in [2.05, 4.69) is 64.2 Å². The van der Waals surface area contributed by atoms with Crippen LogP contribution >= 0.6 is 0 Å².